The molecule has 116 valence electrons. The Labute approximate surface area is 124 Å². The van der Waals surface area contributed by atoms with Crippen LogP contribution in [-0.2, 0) is 32.5 Å². The third kappa shape index (κ3) is 16.9. The maximum atomic E-state index is 10.7. The molecule has 0 fully saturated rings. The van der Waals surface area contributed by atoms with Gasteiger partial charge >= 0.3 is 27.9 Å². The van der Waals surface area contributed by atoms with Gasteiger partial charge in [-0.2, -0.15) is 13.2 Å². The van der Waals surface area contributed by atoms with Crippen LogP contribution >= 0.6 is 8.58 Å². The van der Waals surface area contributed by atoms with Crippen molar-refractivity contribution < 1.29 is 48.5 Å². The number of halogens is 3. The van der Waals surface area contributed by atoms with E-state index in [2.05, 4.69) is 41.5 Å². The van der Waals surface area contributed by atoms with E-state index in [1.54, 1.807) is 0 Å². The van der Waals surface area contributed by atoms with Crippen LogP contribution in [0.2, 0.25) is 0 Å². The summed E-state index contributed by atoms with van der Waals surface area (Å²) in [6.45, 7) is 13.8. The molecule has 0 aliphatic rings. The molecule has 0 aromatic heterocycles. The summed E-state index contributed by atoms with van der Waals surface area (Å²) in [4.78, 5) is 0. The molecular formula is C9H19AuF3O3PS. The van der Waals surface area contributed by atoms with Gasteiger partial charge < -0.3 is 4.55 Å². The molecule has 0 aromatic rings. The predicted octanol–water partition coefficient (Wildman–Crippen LogP) is 3.31. The first kappa shape index (κ1) is 23.9. The van der Waals surface area contributed by atoms with E-state index in [0.29, 0.717) is 10.3 Å². The van der Waals surface area contributed by atoms with Crippen molar-refractivity contribution in [3.63, 3.8) is 0 Å². The van der Waals surface area contributed by atoms with Crippen LogP contribution in [0.4, 0.5) is 13.2 Å². The predicted molar refractivity (Wildman–Crippen MR) is 63.6 cm³/mol. The van der Waals surface area contributed by atoms with Gasteiger partial charge in [0.25, 0.3) is 0 Å². The van der Waals surface area contributed by atoms with Gasteiger partial charge in [-0.15, -0.1) is 8.58 Å². The number of hydrogen-bond acceptors (Lipinski definition) is 3. The van der Waals surface area contributed by atoms with E-state index >= 15 is 0 Å². The maximum absolute atomic E-state index is 10.7. The van der Waals surface area contributed by atoms with E-state index in [1.807, 2.05) is 0 Å². The van der Waals surface area contributed by atoms with E-state index in [-0.39, 0.29) is 22.4 Å². The van der Waals surface area contributed by atoms with Gasteiger partial charge in [0.2, 0.25) is 0 Å². The molecule has 0 rings (SSSR count). The molecule has 0 saturated heterocycles. The molecule has 9 heteroatoms. The molecule has 0 heterocycles. The van der Waals surface area contributed by atoms with Crippen LogP contribution in [0.3, 0.4) is 0 Å². The summed E-state index contributed by atoms with van der Waals surface area (Å²) < 4.78 is 58.9. The van der Waals surface area contributed by atoms with Gasteiger partial charge in [0.1, 0.15) is 0 Å². The van der Waals surface area contributed by atoms with Crippen LogP contribution in [0.1, 0.15) is 41.5 Å². The monoisotopic (exact) mass is 492 g/mol. The number of hydrogen-bond donors (Lipinski definition) is 0. The van der Waals surface area contributed by atoms with Crippen molar-refractivity contribution in [1.29, 1.82) is 0 Å². The van der Waals surface area contributed by atoms with Gasteiger partial charge in [0, 0.05) is 0 Å². The van der Waals surface area contributed by atoms with Crippen molar-refractivity contribution in [1.82, 2.24) is 0 Å². The first-order valence-electron chi connectivity index (χ1n) is 4.77. The van der Waals surface area contributed by atoms with E-state index in [9.17, 15) is 13.2 Å². The molecule has 0 amide bonds. The molecule has 0 atom stereocenters. The standard InChI is InChI=1S/C8H19P.CHF3O3S.Au/c1-7(2,3)9-8(4,5)6;2-1(3,4)8(5,6)7;/h9H,1-6H3;(H,5,6,7);/q;;+1/p-1. The topological polar surface area (TPSA) is 57.2 Å². The molecule has 0 bridgehead atoms. The van der Waals surface area contributed by atoms with Crippen LogP contribution in [0.25, 0.3) is 0 Å². The number of rotatable bonds is 0. The van der Waals surface area contributed by atoms with E-state index in [0.717, 1.165) is 8.58 Å². The summed E-state index contributed by atoms with van der Waals surface area (Å²) in [5.74, 6) is 0. The fourth-order valence-corrected chi connectivity index (χ4v) is 3.38. The largest absolute Gasteiger partial charge is 1.00 e. The van der Waals surface area contributed by atoms with Gasteiger partial charge in [-0.05, 0) is 10.3 Å². The number of alkyl halides is 3. The smallest absolute Gasteiger partial charge is 0.741 e. The normalized spacial score (nSPS) is 13.2. The molecule has 0 N–H and O–H groups in total. The van der Waals surface area contributed by atoms with Crippen molar-refractivity contribution in [2.75, 3.05) is 0 Å². The van der Waals surface area contributed by atoms with Gasteiger partial charge in [-0.25, -0.2) is 8.42 Å². The molecule has 0 aliphatic heterocycles. The minimum absolute atomic E-state index is 0. The fourth-order valence-electron chi connectivity index (χ4n) is 1.12. The van der Waals surface area contributed by atoms with Crippen molar-refractivity contribution in [3.05, 3.63) is 0 Å². The van der Waals surface area contributed by atoms with Crippen LogP contribution in [0.15, 0.2) is 0 Å². The summed E-state index contributed by atoms with van der Waals surface area (Å²) in [6, 6.07) is 0. The van der Waals surface area contributed by atoms with Crippen LogP contribution < -0.4 is 0 Å². The Bertz CT molecular complexity index is 316. The first-order chi connectivity index (χ1) is 6.96. The second-order valence-corrected chi connectivity index (χ2v) is 10.1. The van der Waals surface area contributed by atoms with Crippen molar-refractivity contribution in [2.45, 2.75) is 57.4 Å². The van der Waals surface area contributed by atoms with Crippen LogP contribution in [-0.4, -0.2) is 28.8 Å². The summed E-state index contributed by atoms with van der Waals surface area (Å²) >= 11 is 0. The summed E-state index contributed by atoms with van der Waals surface area (Å²) in [5, 5.41) is 1.02. The fraction of sp³-hybridized carbons (Fsp3) is 1.00. The maximum Gasteiger partial charge on any atom is 1.00 e. The third-order valence-corrected chi connectivity index (χ3v) is 3.10. The zero-order valence-corrected chi connectivity index (χ0v) is 15.1. The van der Waals surface area contributed by atoms with Gasteiger partial charge in [-0.1, -0.05) is 41.5 Å². The van der Waals surface area contributed by atoms with E-state index in [1.165, 1.54) is 0 Å². The molecule has 0 unspecified atom stereocenters. The SMILES string of the molecule is CC(C)(C)PC(C)(C)C.O=S(=O)([O-])C(F)(F)F.[Au+]. The Morgan fingerprint density at radius 1 is 0.889 bits per heavy atom. The van der Waals surface area contributed by atoms with Crippen molar-refractivity contribution >= 4 is 18.7 Å². The zero-order chi connectivity index (χ0) is 14.7. The van der Waals surface area contributed by atoms with E-state index in [4.69, 9.17) is 13.0 Å². The van der Waals surface area contributed by atoms with Crippen LogP contribution in [0, 0.1) is 0 Å². The second kappa shape index (κ2) is 7.60. The summed E-state index contributed by atoms with van der Waals surface area (Å²) in [6.07, 6.45) is 0. The molecule has 3 nitrogen and oxygen atoms in total. The Morgan fingerprint density at radius 2 is 1.06 bits per heavy atom. The summed E-state index contributed by atoms with van der Waals surface area (Å²) in [5.41, 5.74) is -5.65. The molecule has 0 aliphatic carbocycles. The quantitative estimate of drug-likeness (QED) is 0.226. The Morgan fingerprint density at radius 3 is 1.06 bits per heavy atom. The molecule has 0 spiro atoms. The Balaban J connectivity index is -0.000000238. The molecule has 0 saturated carbocycles. The zero-order valence-electron chi connectivity index (χ0n) is 11.1. The average molecular weight is 492 g/mol. The van der Waals surface area contributed by atoms with Crippen molar-refractivity contribution in [2.24, 2.45) is 0 Å². The van der Waals surface area contributed by atoms with Gasteiger partial charge in [0.05, 0.1) is 0 Å². The molecule has 0 radical (unpaired) electrons. The van der Waals surface area contributed by atoms with Gasteiger partial charge in [0.15, 0.2) is 10.1 Å². The third-order valence-electron chi connectivity index (χ3n) is 1.03. The van der Waals surface area contributed by atoms with Crippen molar-refractivity contribution in [3.8, 4) is 0 Å². The average Bonchev–Trinajstić information content (AvgIpc) is 1.71. The minimum atomic E-state index is -6.09. The minimum Gasteiger partial charge on any atom is -0.741 e. The molecule has 18 heavy (non-hydrogen) atoms. The first-order valence-corrected chi connectivity index (χ1v) is 7.18. The molecular weight excluding hydrogens is 473 g/mol. The van der Waals surface area contributed by atoms with Gasteiger partial charge in [-0.3, -0.25) is 0 Å². The molecule has 0 aromatic carbocycles. The second-order valence-electron chi connectivity index (χ2n) is 5.52. The van der Waals surface area contributed by atoms with Crippen LogP contribution in [0.5, 0.6) is 0 Å². The Kier molecular flexibility index (Phi) is 10.1. The Hall–Kier alpha value is 0.870. The summed E-state index contributed by atoms with van der Waals surface area (Å²) in [7, 11) is -5.04. The van der Waals surface area contributed by atoms with E-state index < -0.39 is 15.6 Å².